The molecule has 0 saturated heterocycles. The summed E-state index contributed by atoms with van der Waals surface area (Å²) in [6, 6.07) is 8.59. The van der Waals surface area contributed by atoms with E-state index < -0.39 is 11.6 Å². The molecule has 104 valence electrons. The van der Waals surface area contributed by atoms with Crippen LogP contribution in [0.3, 0.4) is 0 Å². The van der Waals surface area contributed by atoms with E-state index in [1.54, 1.807) is 6.20 Å². The molecule has 0 atom stereocenters. The number of nitrogens with one attached hydrogen (secondary N) is 1. The first-order valence-electron chi connectivity index (χ1n) is 5.88. The molecule has 0 aliphatic rings. The standard InChI is InChI=1S/C14H12F2N2OS/c15-10-4-5-13(12(16)7-10)18-14(19)9-20-8-11-3-1-2-6-17-11/h1-7H,8-9H2,(H,18,19). The molecule has 1 aromatic heterocycles. The third-order valence-corrected chi connectivity index (χ3v) is 3.38. The second-order valence-corrected chi connectivity index (χ2v) is 4.97. The Morgan fingerprint density at radius 2 is 2.10 bits per heavy atom. The molecule has 1 N–H and O–H groups in total. The van der Waals surface area contributed by atoms with E-state index in [4.69, 9.17) is 0 Å². The quantitative estimate of drug-likeness (QED) is 0.920. The number of amides is 1. The molecule has 0 radical (unpaired) electrons. The van der Waals surface area contributed by atoms with E-state index in [2.05, 4.69) is 10.3 Å². The van der Waals surface area contributed by atoms with Gasteiger partial charge < -0.3 is 5.32 Å². The SMILES string of the molecule is O=C(CSCc1ccccn1)Nc1ccc(F)cc1F. The Morgan fingerprint density at radius 3 is 2.80 bits per heavy atom. The largest absolute Gasteiger partial charge is 0.323 e. The molecular formula is C14H12F2N2OS. The number of aromatic nitrogens is 1. The molecular weight excluding hydrogens is 282 g/mol. The van der Waals surface area contributed by atoms with E-state index in [1.807, 2.05) is 18.2 Å². The van der Waals surface area contributed by atoms with Crippen molar-refractivity contribution in [1.29, 1.82) is 0 Å². The lowest BCUT2D eigenvalue weighted by atomic mass is 10.3. The van der Waals surface area contributed by atoms with Crippen molar-refractivity contribution in [2.24, 2.45) is 0 Å². The van der Waals surface area contributed by atoms with Crippen LogP contribution in [0.4, 0.5) is 14.5 Å². The first-order chi connectivity index (χ1) is 9.65. The van der Waals surface area contributed by atoms with Gasteiger partial charge in [0.05, 0.1) is 17.1 Å². The van der Waals surface area contributed by atoms with Crippen molar-refractivity contribution in [3.05, 3.63) is 59.9 Å². The molecule has 6 heteroatoms. The van der Waals surface area contributed by atoms with Gasteiger partial charge in [-0.3, -0.25) is 9.78 Å². The van der Waals surface area contributed by atoms with Gasteiger partial charge in [-0.1, -0.05) is 6.07 Å². The zero-order chi connectivity index (χ0) is 14.4. The van der Waals surface area contributed by atoms with Crippen molar-refractivity contribution in [3.63, 3.8) is 0 Å². The van der Waals surface area contributed by atoms with E-state index in [-0.39, 0.29) is 17.3 Å². The van der Waals surface area contributed by atoms with Gasteiger partial charge in [0, 0.05) is 18.0 Å². The average Bonchev–Trinajstić information content (AvgIpc) is 2.43. The number of hydrogen-bond donors (Lipinski definition) is 1. The number of halogens is 2. The van der Waals surface area contributed by atoms with E-state index in [9.17, 15) is 13.6 Å². The number of hydrogen-bond acceptors (Lipinski definition) is 3. The van der Waals surface area contributed by atoms with Crippen LogP contribution in [0.25, 0.3) is 0 Å². The van der Waals surface area contributed by atoms with Gasteiger partial charge in [-0.25, -0.2) is 8.78 Å². The van der Waals surface area contributed by atoms with E-state index in [0.717, 1.165) is 17.8 Å². The number of carbonyl (C=O) groups excluding carboxylic acids is 1. The maximum atomic E-state index is 13.3. The highest BCUT2D eigenvalue weighted by molar-refractivity contribution is 7.99. The summed E-state index contributed by atoms with van der Waals surface area (Å²) in [5, 5.41) is 2.40. The molecule has 3 nitrogen and oxygen atoms in total. The van der Waals surface area contributed by atoms with Crippen LogP contribution in [0.15, 0.2) is 42.6 Å². The van der Waals surface area contributed by atoms with Gasteiger partial charge in [-0.2, -0.15) is 0 Å². The van der Waals surface area contributed by atoms with Crippen LogP contribution in [0.1, 0.15) is 5.69 Å². The van der Waals surface area contributed by atoms with Crippen molar-refractivity contribution >= 4 is 23.4 Å². The molecule has 1 heterocycles. The average molecular weight is 294 g/mol. The highest BCUT2D eigenvalue weighted by atomic mass is 32.2. The molecule has 1 amide bonds. The van der Waals surface area contributed by atoms with E-state index >= 15 is 0 Å². The predicted molar refractivity (Wildman–Crippen MR) is 75.4 cm³/mol. The summed E-state index contributed by atoms with van der Waals surface area (Å²) in [5.41, 5.74) is 0.855. The summed E-state index contributed by atoms with van der Waals surface area (Å²) in [6.07, 6.45) is 1.68. The Kier molecular flexibility index (Phi) is 5.06. The van der Waals surface area contributed by atoms with Crippen molar-refractivity contribution in [3.8, 4) is 0 Å². The molecule has 0 aliphatic heterocycles. The van der Waals surface area contributed by atoms with Crippen LogP contribution in [0, 0.1) is 11.6 Å². The Balaban J connectivity index is 1.81. The van der Waals surface area contributed by atoms with Crippen molar-refractivity contribution in [1.82, 2.24) is 4.98 Å². The van der Waals surface area contributed by atoms with E-state index in [0.29, 0.717) is 5.75 Å². The normalized spacial score (nSPS) is 10.3. The molecule has 2 aromatic rings. The summed E-state index contributed by atoms with van der Waals surface area (Å²) in [4.78, 5) is 15.8. The smallest absolute Gasteiger partial charge is 0.234 e. The molecule has 0 bridgehead atoms. The van der Waals surface area contributed by atoms with Crippen LogP contribution < -0.4 is 5.32 Å². The minimum absolute atomic E-state index is 0.0187. The van der Waals surface area contributed by atoms with Crippen LogP contribution >= 0.6 is 11.8 Å². The Labute approximate surface area is 119 Å². The van der Waals surface area contributed by atoms with E-state index in [1.165, 1.54) is 17.8 Å². The van der Waals surface area contributed by atoms with Crippen LogP contribution in [-0.4, -0.2) is 16.6 Å². The lowest BCUT2D eigenvalue weighted by Crippen LogP contribution is -2.15. The highest BCUT2D eigenvalue weighted by Gasteiger charge is 2.08. The second kappa shape index (κ2) is 7.00. The van der Waals surface area contributed by atoms with Gasteiger partial charge in [-0.05, 0) is 24.3 Å². The number of anilines is 1. The number of thioether (sulfide) groups is 1. The fourth-order valence-corrected chi connectivity index (χ4v) is 2.25. The summed E-state index contributed by atoms with van der Waals surface area (Å²) >= 11 is 1.37. The van der Waals surface area contributed by atoms with Crippen molar-refractivity contribution in [2.45, 2.75) is 5.75 Å². The highest BCUT2D eigenvalue weighted by Crippen LogP contribution is 2.16. The predicted octanol–water partition coefficient (Wildman–Crippen LogP) is 3.23. The summed E-state index contributed by atoms with van der Waals surface area (Å²) in [7, 11) is 0. The van der Waals surface area contributed by atoms with Crippen LogP contribution in [0.5, 0.6) is 0 Å². The maximum absolute atomic E-state index is 13.3. The lowest BCUT2D eigenvalue weighted by Gasteiger charge is -2.06. The topological polar surface area (TPSA) is 42.0 Å². The maximum Gasteiger partial charge on any atom is 0.234 e. The summed E-state index contributed by atoms with van der Waals surface area (Å²) < 4.78 is 26.0. The van der Waals surface area contributed by atoms with Gasteiger partial charge in [0.2, 0.25) is 5.91 Å². The molecule has 1 aromatic carbocycles. The molecule has 0 fully saturated rings. The zero-order valence-electron chi connectivity index (χ0n) is 10.5. The minimum Gasteiger partial charge on any atom is -0.323 e. The molecule has 0 aliphatic carbocycles. The molecule has 0 spiro atoms. The number of benzene rings is 1. The molecule has 2 rings (SSSR count). The first kappa shape index (κ1) is 14.5. The van der Waals surface area contributed by atoms with Crippen molar-refractivity contribution in [2.75, 3.05) is 11.1 Å². The van der Waals surface area contributed by atoms with Gasteiger partial charge in [0.1, 0.15) is 11.6 Å². The third kappa shape index (κ3) is 4.31. The minimum atomic E-state index is -0.784. The molecule has 20 heavy (non-hydrogen) atoms. The second-order valence-electron chi connectivity index (χ2n) is 3.99. The number of nitrogens with zero attached hydrogens (tertiary/aromatic N) is 1. The number of rotatable bonds is 5. The Hall–Kier alpha value is -1.95. The Morgan fingerprint density at radius 1 is 1.25 bits per heavy atom. The third-order valence-electron chi connectivity index (χ3n) is 2.41. The van der Waals surface area contributed by atoms with Gasteiger partial charge in [-0.15, -0.1) is 11.8 Å². The fourth-order valence-electron chi connectivity index (χ4n) is 1.51. The summed E-state index contributed by atoms with van der Waals surface area (Å²) in [6.45, 7) is 0. The fraction of sp³-hybridized carbons (Fsp3) is 0.143. The number of carbonyl (C=O) groups is 1. The van der Waals surface area contributed by atoms with Gasteiger partial charge >= 0.3 is 0 Å². The molecule has 0 unspecified atom stereocenters. The van der Waals surface area contributed by atoms with Crippen LogP contribution in [-0.2, 0) is 10.5 Å². The van der Waals surface area contributed by atoms with Crippen molar-refractivity contribution < 1.29 is 13.6 Å². The molecule has 0 saturated carbocycles. The monoisotopic (exact) mass is 294 g/mol. The van der Waals surface area contributed by atoms with Gasteiger partial charge in [0.25, 0.3) is 0 Å². The van der Waals surface area contributed by atoms with Crippen LogP contribution in [0.2, 0.25) is 0 Å². The summed E-state index contributed by atoms with van der Waals surface area (Å²) in [5.74, 6) is -1.03. The lowest BCUT2D eigenvalue weighted by molar-refractivity contribution is -0.113. The zero-order valence-corrected chi connectivity index (χ0v) is 11.3. The Bertz CT molecular complexity index is 593. The van der Waals surface area contributed by atoms with Gasteiger partial charge in [0.15, 0.2) is 0 Å². The first-order valence-corrected chi connectivity index (χ1v) is 7.03. The number of pyridine rings is 1.